The molecule has 11 heteroatoms. The third-order valence-electron chi connectivity index (χ3n) is 2.39. The van der Waals surface area contributed by atoms with Crippen molar-refractivity contribution in [3.8, 4) is 0 Å². The van der Waals surface area contributed by atoms with Gasteiger partial charge in [-0.05, 0) is 23.8 Å². The first kappa shape index (κ1) is 19.2. The van der Waals surface area contributed by atoms with Crippen molar-refractivity contribution in [1.82, 2.24) is 10.3 Å². The van der Waals surface area contributed by atoms with Crippen LogP contribution in [-0.2, 0) is 14.3 Å². The fraction of sp³-hybridized carbons (Fsp3) is 0.417. The highest BCUT2D eigenvalue weighted by Gasteiger charge is 2.21. The van der Waals surface area contributed by atoms with Gasteiger partial charge in [0, 0.05) is 24.6 Å². The molecular formula is C12H15N3O6S2. The lowest BCUT2D eigenvalue weighted by molar-refractivity contribution is -0.388. The molecule has 0 spiro atoms. The molecule has 1 aromatic heterocycles. The van der Waals surface area contributed by atoms with Crippen LogP contribution < -0.4 is 5.32 Å². The maximum atomic E-state index is 11.5. The van der Waals surface area contributed by atoms with Gasteiger partial charge >= 0.3 is 11.7 Å². The summed E-state index contributed by atoms with van der Waals surface area (Å²) in [4.78, 5) is 36.8. The van der Waals surface area contributed by atoms with Gasteiger partial charge in [0.05, 0.1) is 4.92 Å². The molecule has 1 rings (SSSR count). The van der Waals surface area contributed by atoms with Crippen LogP contribution in [0.3, 0.4) is 0 Å². The largest absolute Gasteiger partial charge is 0.480 e. The van der Waals surface area contributed by atoms with Gasteiger partial charge in [0.15, 0.2) is 5.03 Å². The number of hydrogen-bond acceptors (Lipinski definition) is 8. The zero-order chi connectivity index (χ0) is 17.2. The Balaban J connectivity index is 2.55. The predicted octanol–water partition coefficient (Wildman–Crippen LogP) is 1.34. The minimum atomic E-state index is -1.20. The van der Waals surface area contributed by atoms with E-state index < -0.39 is 22.8 Å². The first-order chi connectivity index (χ1) is 11.0. The second-order valence-corrected chi connectivity index (χ2v) is 6.38. The number of aliphatic carboxylic acids is 1. The van der Waals surface area contributed by atoms with Crippen molar-refractivity contribution in [2.45, 2.75) is 18.0 Å². The first-order valence-corrected chi connectivity index (χ1v) is 8.76. The molecule has 0 aromatic carbocycles. The fourth-order valence-corrected chi connectivity index (χ4v) is 3.55. The summed E-state index contributed by atoms with van der Waals surface area (Å²) >= 11 is 0. The van der Waals surface area contributed by atoms with Crippen molar-refractivity contribution in [3.05, 3.63) is 28.4 Å². The molecule has 0 radical (unpaired) electrons. The Kier molecular flexibility index (Phi) is 8.37. The molecule has 1 heterocycles. The van der Waals surface area contributed by atoms with E-state index >= 15 is 0 Å². The summed E-state index contributed by atoms with van der Waals surface area (Å²) in [6.07, 6.45) is 1.41. The summed E-state index contributed by atoms with van der Waals surface area (Å²) in [5.41, 5.74) is -0.155. The van der Waals surface area contributed by atoms with Gasteiger partial charge in [-0.15, -0.1) is 0 Å². The lowest BCUT2D eigenvalue weighted by Gasteiger charge is -2.13. The van der Waals surface area contributed by atoms with Crippen LogP contribution in [-0.4, -0.2) is 51.9 Å². The van der Waals surface area contributed by atoms with Gasteiger partial charge in [-0.1, -0.05) is 10.8 Å². The van der Waals surface area contributed by atoms with E-state index in [4.69, 9.17) is 9.84 Å². The highest BCUT2D eigenvalue weighted by molar-refractivity contribution is 8.76. The lowest BCUT2D eigenvalue weighted by Crippen LogP contribution is -2.44. The number of nitrogens with zero attached hydrogens (tertiary/aromatic N) is 2. The van der Waals surface area contributed by atoms with Crippen LogP contribution in [0.1, 0.15) is 6.92 Å². The molecule has 0 aliphatic heterocycles. The van der Waals surface area contributed by atoms with E-state index in [0.717, 1.165) is 21.6 Å². The number of nitro groups is 1. The molecule has 0 saturated heterocycles. The van der Waals surface area contributed by atoms with Gasteiger partial charge < -0.3 is 15.2 Å². The number of rotatable bonds is 10. The summed E-state index contributed by atoms with van der Waals surface area (Å²) in [5.74, 6) is -1.71. The molecule has 1 atom stereocenters. The number of ether oxygens (including phenoxy) is 1. The Morgan fingerprint density at radius 1 is 1.57 bits per heavy atom. The van der Waals surface area contributed by atoms with E-state index in [1.54, 1.807) is 6.92 Å². The number of pyridine rings is 1. The molecule has 0 saturated carbocycles. The van der Waals surface area contributed by atoms with Crippen LogP contribution in [0.25, 0.3) is 0 Å². The van der Waals surface area contributed by atoms with Gasteiger partial charge in [0.1, 0.15) is 12.6 Å². The highest BCUT2D eigenvalue weighted by atomic mass is 33.1. The summed E-state index contributed by atoms with van der Waals surface area (Å²) < 4.78 is 4.89. The van der Waals surface area contributed by atoms with Gasteiger partial charge in [0.2, 0.25) is 5.91 Å². The summed E-state index contributed by atoms with van der Waals surface area (Å²) in [6, 6.07) is 1.64. The van der Waals surface area contributed by atoms with E-state index in [1.807, 2.05) is 0 Å². The maximum absolute atomic E-state index is 11.5. The van der Waals surface area contributed by atoms with Gasteiger partial charge in [0.25, 0.3) is 0 Å². The Bertz CT molecular complexity index is 571. The molecule has 1 aromatic rings. The SMILES string of the molecule is CCOCC(=O)NC(CSSc1ncccc1[N+](=O)[O-])C(=O)O. The molecule has 9 nitrogen and oxygen atoms in total. The molecule has 126 valence electrons. The summed E-state index contributed by atoms with van der Waals surface area (Å²) in [5, 5.41) is 22.4. The van der Waals surface area contributed by atoms with Crippen molar-refractivity contribution in [1.29, 1.82) is 0 Å². The summed E-state index contributed by atoms with van der Waals surface area (Å²) in [6.45, 7) is 1.84. The van der Waals surface area contributed by atoms with E-state index in [0.29, 0.717) is 6.61 Å². The van der Waals surface area contributed by atoms with E-state index in [-0.39, 0.29) is 23.1 Å². The maximum Gasteiger partial charge on any atom is 0.327 e. The van der Waals surface area contributed by atoms with Crippen molar-refractivity contribution in [3.63, 3.8) is 0 Å². The van der Waals surface area contributed by atoms with Crippen LogP contribution >= 0.6 is 21.6 Å². The zero-order valence-electron chi connectivity index (χ0n) is 12.1. The molecule has 1 amide bonds. The smallest absolute Gasteiger partial charge is 0.327 e. The Morgan fingerprint density at radius 2 is 2.30 bits per heavy atom. The Morgan fingerprint density at radius 3 is 2.91 bits per heavy atom. The third-order valence-corrected chi connectivity index (χ3v) is 4.69. The van der Waals surface area contributed by atoms with Crippen LogP contribution in [0.4, 0.5) is 5.69 Å². The van der Waals surface area contributed by atoms with Crippen LogP contribution in [0.2, 0.25) is 0 Å². The molecular weight excluding hydrogens is 346 g/mol. The van der Waals surface area contributed by atoms with Gasteiger partial charge in [-0.3, -0.25) is 14.9 Å². The van der Waals surface area contributed by atoms with E-state index in [9.17, 15) is 19.7 Å². The zero-order valence-corrected chi connectivity index (χ0v) is 13.8. The number of aromatic nitrogens is 1. The van der Waals surface area contributed by atoms with Gasteiger partial charge in [-0.25, -0.2) is 9.78 Å². The van der Waals surface area contributed by atoms with Crippen LogP contribution in [0.15, 0.2) is 23.4 Å². The average Bonchev–Trinajstić information content (AvgIpc) is 2.52. The molecule has 1 unspecified atom stereocenters. The number of carboxylic acids is 1. The van der Waals surface area contributed by atoms with Gasteiger partial charge in [-0.2, -0.15) is 0 Å². The van der Waals surface area contributed by atoms with Crippen LogP contribution in [0, 0.1) is 10.1 Å². The lowest BCUT2D eigenvalue weighted by atomic mass is 10.3. The average molecular weight is 361 g/mol. The highest BCUT2D eigenvalue weighted by Crippen LogP contribution is 2.35. The molecule has 0 aliphatic carbocycles. The number of carboxylic acid groups (broad SMARTS) is 1. The second-order valence-electron chi connectivity index (χ2n) is 4.05. The molecule has 0 aliphatic rings. The number of amides is 1. The standard InChI is InChI=1S/C12H15N3O6S2/c1-2-21-6-10(16)14-8(12(17)18)7-22-23-11-9(15(19)20)4-3-5-13-11/h3-5,8H,2,6-7H2,1H3,(H,14,16)(H,17,18). The second kappa shape index (κ2) is 10.0. The quantitative estimate of drug-likeness (QED) is 0.360. The molecule has 23 heavy (non-hydrogen) atoms. The fourth-order valence-electron chi connectivity index (χ4n) is 1.35. The monoisotopic (exact) mass is 361 g/mol. The molecule has 0 bridgehead atoms. The molecule has 0 fully saturated rings. The van der Waals surface area contributed by atoms with Crippen molar-refractivity contribution >= 4 is 39.2 Å². The minimum absolute atomic E-state index is 0.0194. The van der Waals surface area contributed by atoms with Crippen LogP contribution in [0.5, 0.6) is 0 Å². The predicted molar refractivity (Wildman–Crippen MR) is 85.3 cm³/mol. The third kappa shape index (κ3) is 6.84. The summed E-state index contributed by atoms with van der Waals surface area (Å²) in [7, 11) is 2.04. The van der Waals surface area contributed by atoms with Crippen molar-refractivity contribution < 1.29 is 24.4 Å². The normalized spacial score (nSPS) is 11.7. The number of carbonyl (C=O) groups is 2. The van der Waals surface area contributed by atoms with Crippen molar-refractivity contribution in [2.75, 3.05) is 19.0 Å². The Labute approximate surface area is 139 Å². The minimum Gasteiger partial charge on any atom is -0.480 e. The number of carbonyl (C=O) groups excluding carboxylic acids is 1. The van der Waals surface area contributed by atoms with Crippen molar-refractivity contribution in [2.24, 2.45) is 0 Å². The number of hydrogen-bond donors (Lipinski definition) is 2. The number of nitrogens with one attached hydrogen (secondary N) is 1. The first-order valence-electron chi connectivity index (χ1n) is 6.44. The Hall–Kier alpha value is -1.85. The topological polar surface area (TPSA) is 132 Å². The molecule has 2 N–H and O–H groups in total. The van der Waals surface area contributed by atoms with E-state index in [2.05, 4.69) is 10.3 Å². The van der Waals surface area contributed by atoms with E-state index in [1.165, 1.54) is 18.3 Å².